The lowest BCUT2D eigenvalue weighted by atomic mass is 9.93. The SMILES string of the molecule is COc1cccc(-c2cc(C(CC(=O)O)N(Cc3ccccc3)C(C)c3ccccc3)ccc2OC(F)(F)F)c1. The fraction of sp³-hybridized carbons (Fsp3) is 0.219. The van der Waals surface area contributed by atoms with Gasteiger partial charge in [0, 0.05) is 24.2 Å². The largest absolute Gasteiger partial charge is 0.573 e. The van der Waals surface area contributed by atoms with E-state index in [9.17, 15) is 23.1 Å². The first kappa shape index (κ1) is 28.7. The Hall–Kier alpha value is -4.30. The van der Waals surface area contributed by atoms with Crippen LogP contribution in [-0.2, 0) is 11.3 Å². The van der Waals surface area contributed by atoms with Gasteiger partial charge in [-0.2, -0.15) is 0 Å². The predicted octanol–water partition coefficient (Wildman–Crippen LogP) is 8.04. The summed E-state index contributed by atoms with van der Waals surface area (Å²) in [5.41, 5.74) is 3.13. The van der Waals surface area contributed by atoms with Gasteiger partial charge in [0.15, 0.2) is 0 Å². The van der Waals surface area contributed by atoms with Gasteiger partial charge in [0.05, 0.1) is 13.5 Å². The Morgan fingerprint density at radius 2 is 1.55 bits per heavy atom. The molecule has 2 unspecified atom stereocenters. The van der Waals surface area contributed by atoms with Crippen molar-refractivity contribution < 1.29 is 32.5 Å². The van der Waals surface area contributed by atoms with Crippen LogP contribution in [0.5, 0.6) is 11.5 Å². The zero-order valence-electron chi connectivity index (χ0n) is 22.1. The molecule has 4 aromatic rings. The van der Waals surface area contributed by atoms with E-state index in [1.165, 1.54) is 19.2 Å². The second-order valence-electron chi connectivity index (χ2n) is 9.39. The molecule has 5 nitrogen and oxygen atoms in total. The van der Waals surface area contributed by atoms with E-state index in [0.29, 0.717) is 23.4 Å². The van der Waals surface area contributed by atoms with Crippen molar-refractivity contribution in [3.8, 4) is 22.6 Å². The molecule has 0 saturated carbocycles. The minimum atomic E-state index is -4.91. The molecule has 0 aliphatic heterocycles. The van der Waals surface area contributed by atoms with Crippen LogP contribution < -0.4 is 9.47 Å². The van der Waals surface area contributed by atoms with Crippen molar-refractivity contribution in [3.63, 3.8) is 0 Å². The van der Waals surface area contributed by atoms with Gasteiger partial charge >= 0.3 is 12.3 Å². The maximum absolute atomic E-state index is 13.3. The van der Waals surface area contributed by atoms with Gasteiger partial charge in [-0.25, -0.2) is 0 Å². The Morgan fingerprint density at radius 1 is 0.875 bits per heavy atom. The number of ether oxygens (including phenoxy) is 2. The minimum Gasteiger partial charge on any atom is -0.497 e. The number of carbonyl (C=O) groups is 1. The van der Waals surface area contributed by atoms with Gasteiger partial charge in [-0.3, -0.25) is 9.69 Å². The van der Waals surface area contributed by atoms with Gasteiger partial charge in [-0.05, 0) is 53.4 Å². The van der Waals surface area contributed by atoms with Crippen LogP contribution in [-0.4, -0.2) is 29.4 Å². The highest BCUT2D eigenvalue weighted by Gasteiger charge is 2.34. The number of carboxylic acid groups (broad SMARTS) is 1. The molecule has 0 saturated heterocycles. The van der Waals surface area contributed by atoms with Gasteiger partial charge in [-0.1, -0.05) is 78.9 Å². The third-order valence-corrected chi connectivity index (χ3v) is 6.75. The van der Waals surface area contributed by atoms with Crippen LogP contribution >= 0.6 is 0 Å². The van der Waals surface area contributed by atoms with Crippen molar-refractivity contribution in [1.29, 1.82) is 0 Å². The number of alkyl halides is 3. The Balaban J connectivity index is 1.86. The van der Waals surface area contributed by atoms with Crippen LogP contribution in [0.4, 0.5) is 13.2 Å². The average molecular weight is 550 g/mol. The molecular weight excluding hydrogens is 519 g/mol. The van der Waals surface area contributed by atoms with E-state index in [4.69, 9.17) is 4.74 Å². The third kappa shape index (κ3) is 7.42. The number of hydrogen-bond donors (Lipinski definition) is 1. The highest BCUT2D eigenvalue weighted by atomic mass is 19.4. The highest BCUT2D eigenvalue weighted by molar-refractivity contribution is 5.73. The van der Waals surface area contributed by atoms with Crippen LogP contribution in [0.2, 0.25) is 0 Å². The molecule has 0 bridgehead atoms. The summed E-state index contributed by atoms with van der Waals surface area (Å²) in [5.74, 6) is -0.947. The summed E-state index contributed by atoms with van der Waals surface area (Å²) < 4.78 is 49.7. The van der Waals surface area contributed by atoms with Crippen molar-refractivity contribution >= 4 is 5.97 Å². The van der Waals surface area contributed by atoms with Crippen molar-refractivity contribution in [2.24, 2.45) is 0 Å². The number of aliphatic carboxylic acids is 1. The van der Waals surface area contributed by atoms with Gasteiger partial charge in [0.1, 0.15) is 11.5 Å². The monoisotopic (exact) mass is 549 g/mol. The number of methoxy groups -OCH3 is 1. The number of benzene rings is 4. The molecule has 2 atom stereocenters. The molecule has 0 amide bonds. The highest BCUT2D eigenvalue weighted by Crippen LogP contribution is 2.41. The lowest BCUT2D eigenvalue weighted by molar-refractivity contribution is -0.274. The molecule has 208 valence electrons. The van der Waals surface area contributed by atoms with E-state index in [-0.39, 0.29) is 23.8 Å². The average Bonchev–Trinajstić information content (AvgIpc) is 2.95. The molecule has 1 N–H and O–H groups in total. The summed E-state index contributed by atoms with van der Waals surface area (Å²) in [6.07, 6.45) is -5.17. The summed E-state index contributed by atoms with van der Waals surface area (Å²) in [7, 11) is 1.47. The smallest absolute Gasteiger partial charge is 0.497 e. The van der Waals surface area contributed by atoms with Crippen LogP contribution in [0.15, 0.2) is 103 Å². The zero-order chi connectivity index (χ0) is 28.7. The van der Waals surface area contributed by atoms with Gasteiger partial charge in [-0.15, -0.1) is 13.2 Å². The van der Waals surface area contributed by atoms with Gasteiger partial charge in [0.25, 0.3) is 0 Å². The van der Waals surface area contributed by atoms with Crippen LogP contribution in [0.25, 0.3) is 11.1 Å². The molecule has 0 spiro atoms. The summed E-state index contributed by atoms with van der Waals surface area (Å²) in [6.45, 7) is 2.42. The molecule has 0 fully saturated rings. The lowest BCUT2D eigenvalue weighted by Gasteiger charge is -2.37. The van der Waals surface area contributed by atoms with E-state index in [1.54, 1.807) is 30.3 Å². The van der Waals surface area contributed by atoms with Crippen molar-refractivity contribution in [2.75, 3.05) is 7.11 Å². The zero-order valence-corrected chi connectivity index (χ0v) is 22.1. The van der Waals surface area contributed by atoms with Crippen LogP contribution in [0.1, 0.15) is 42.1 Å². The molecule has 0 aromatic heterocycles. The summed E-state index contributed by atoms with van der Waals surface area (Å²) in [5, 5.41) is 9.96. The first-order valence-corrected chi connectivity index (χ1v) is 12.7. The second-order valence-corrected chi connectivity index (χ2v) is 9.39. The first-order chi connectivity index (χ1) is 19.1. The topological polar surface area (TPSA) is 59.0 Å². The maximum atomic E-state index is 13.3. The van der Waals surface area contributed by atoms with Crippen molar-refractivity contribution in [1.82, 2.24) is 4.90 Å². The van der Waals surface area contributed by atoms with E-state index in [1.807, 2.05) is 67.6 Å². The number of nitrogens with zero attached hydrogens (tertiary/aromatic N) is 1. The molecular formula is C32H30F3NO4. The lowest BCUT2D eigenvalue weighted by Crippen LogP contribution is -2.33. The number of hydrogen-bond acceptors (Lipinski definition) is 4. The third-order valence-electron chi connectivity index (χ3n) is 6.75. The molecule has 0 aliphatic carbocycles. The quantitative estimate of drug-likeness (QED) is 0.205. The van der Waals surface area contributed by atoms with E-state index < -0.39 is 18.4 Å². The molecule has 0 aliphatic rings. The Morgan fingerprint density at radius 3 is 2.17 bits per heavy atom. The maximum Gasteiger partial charge on any atom is 0.573 e. The van der Waals surface area contributed by atoms with Crippen molar-refractivity contribution in [2.45, 2.75) is 38.3 Å². The predicted molar refractivity (Wildman–Crippen MR) is 147 cm³/mol. The molecule has 0 radical (unpaired) electrons. The van der Waals surface area contributed by atoms with E-state index >= 15 is 0 Å². The Bertz CT molecular complexity index is 1410. The Kier molecular flexibility index (Phi) is 9.11. The molecule has 8 heteroatoms. The standard InChI is InChI=1S/C32H30F3NO4/c1-22(24-12-7-4-8-13-24)36(21-23-10-5-3-6-11-23)29(20-31(37)38)26-16-17-30(40-32(33,34)35)28(19-26)25-14-9-15-27(18-25)39-2/h3-19,22,29H,20-21H2,1-2H3,(H,37,38). The van der Waals surface area contributed by atoms with Crippen LogP contribution in [0, 0.1) is 0 Å². The summed E-state index contributed by atoms with van der Waals surface area (Å²) in [6, 6.07) is 29.5. The molecule has 40 heavy (non-hydrogen) atoms. The molecule has 4 aromatic carbocycles. The van der Waals surface area contributed by atoms with E-state index in [2.05, 4.69) is 9.64 Å². The van der Waals surface area contributed by atoms with Gasteiger partial charge in [0.2, 0.25) is 0 Å². The molecule has 4 rings (SSSR count). The van der Waals surface area contributed by atoms with Crippen LogP contribution in [0.3, 0.4) is 0 Å². The fourth-order valence-electron chi connectivity index (χ4n) is 4.81. The minimum absolute atomic E-state index is 0.177. The first-order valence-electron chi connectivity index (χ1n) is 12.7. The number of halogens is 3. The summed E-state index contributed by atoms with van der Waals surface area (Å²) in [4.78, 5) is 14.2. The number of rotatable bonds is 11. The van der Waals surface area contributed by atoms with E-state index in [0.717, 1.165) is 11.1 Å². The normalized spacial score (nSPS) is 13.1. The second kappa shape index (κ2) is 12.7. The Labute approximate surface area is 231 Å². The van der Waals surface area contributed by atoms with Crippen molar-refractivity contribution in [3.05, 3.63) is 120 Å². The molecule has 0 heterocycles. The number of carboxylic acids is 1. The summed E-state index contributed by atoms with van der Waals surface area (Å²) >= 11 is 0. The fourth-order valence-corrected chi connectivity index (χ4v) is 4.81. The van der Waals surface area contributed by atoms with Gasteiger partial charge < -0.3 is 14.6 Å².